The summed E-state index contributed by atoms with van der Waals surface area (Å²) in [4.78, 5) is 11.3. The molecule has 0 aliphatic carbocycles. The third-order valence-corrected chi connectivity index (χ3v) is 2.12. The topological polar surface area (TPSA) is 58.7 Å². The first-order chi connectivity index (χ1) is 6.07. The van der Waals surface area contributed by atoms with E-state index < -0.39 is 0 Å². The molecule has 0 spiro atoms. The van der Waals surface area contributed by atoms with E-state index in [1.165, 1.54) is 4.68 Å². The number of nitrogens with zero attached hydrogens (tertiary/aromatic N) is 3. The highest BCUT2D eigenvalue weighted by atomic mass is 16.2. The highest BCUT2D eigenvalue weighted by Gasteiger charge is 2.12. The standard InChI is InChI=1S/C9H11N3O/c1-6-7(2)11-12(8(6)3)9(13)4-5-10/h4H2,1-3H3. The van der Waals surface area contributed by atoms with Gasteiger partial charge in [-0.2, -0.15) is 10.4 Å². The first-order valence-corrected chi connectivity index (χ1v) is 4.01. The average Bonchev–Trinajstić information content (AvgIpc) is 2.33. The summed E-state index contributed by atoms with van der Waals surface area (Å²) in [6, 6.07) is 1.81. The number of nitriles is 1. The van der Waals surface area contributed by atoms with Crippen LogP contribution in [-0.2, 0) is 0 Å². The SMILES string of the molecule is Cc1nn(C(=O)CC#N)c(C)c1C. The van der Waals surface area contributed by atoms with Gasteiger partial charge in [-0.15, -0.1) is 0 Å². The van der Waals surface area contributed by atoms with Crippen LogP contribution < -0.4 is 0 Å². The van der Waals surface area contributed by atoms with Gasteiger partial charge in [0.25, 0.3) is 5.91 Å². The van der Waals surface area contributed by atoms with Gasteiger partial charge in [0.2, 0.25) is 0 Å². The maximum Gasteiger partial charge on any atom is 0.261 e. The molecule has 0 radical (unpaired) electrons. The summed E-state index contributed by atoms with van der Waals surface area (Å²) in [5, 5.41) is 12.4. The van der Waals surface area contributed by atoms with E-state index in [0.717, 1.165) is 17.0 Å². The van der Waals surface area contributed by atoms with Crippen molar-refractivity contribution in [2.24, 2.45) is 0 Å². The summed E-state index contributed by atoms with van der Waals surface area (Å²) in [5.41, 5.74) is 2.66. The lowest BCUT2D eigenvalue weighted by molar-refractivity contribution is 0.0901. The molecule has 0 saturated heterocycles. The molecule has 0 aliphatic heterocycles. The smallest absolute Gasteiger partial charge is 0.261 e. The molecule has 0 fully saturated rings. The maximum absolute atomic E-state index is 11.3. The van der Waals surface area contributed by atoms with Crippen molar-refractivity contribution in [2.75, 3.05) is 0 Å². The van der Waals surface area contributed by atoms with E-state index in [4.69, 9.17) is 5.26 Å². The Morgan fingerprint density at radius 3 is 2.54 bits per heavy atom. The average molecular weight is 177 g/mol. The summed E-state index contributed by atoms with van der Waals surface area (Å²) in [7, 11) is 0. The monoisotopic (exact) mass is 177 g/mol. The lowest BCUT2D eigenvalue weighted by atomic mass is 10.2. The molecule has 68 valence electrons. The molecule has 1 heterocycles. The lowest BCUT2D eigenvalue weighted by Crippen LogP contribution is -2.13. The Morgan fingerprint density at radius 2 is 2.15 bits per heavy atom. The van der Waals surface area contributed by atoms with Gasteiger partial charge < -0.3 is 0 Å². The molecule has 0 aliphatic rings. The van der Waals surface area contributed by atoms with E-state index in [0.29, 0.717) is 0 Å². The van der Waals surface area contributed by atoms with Crippen LogP contribution in [0.15, 0.2) is 0 Å². The molecule has 4 heteroatoms. The maximum atomic E-state index is 11.3. The number of aromatic nitrogens is 2. The molecule has 0 atom stereocenters. The molecule has 0 amide bonds. The quantitative estimate of drug-likeness (QED) is 0.650. The van der Waals surface area contributed by atoms with Crippen molar-refractivity contribution in [3.63, 3.8) is 0 Å². The minimum absolute atomic E-state index is 0.124. The van der Waals surface area contributed by atoms with E-state index in [1.807, 2.05) is 26.8 Å². The normalized spacial score (nSPS) is 9.69. The lowest BCUT2D eigenvalue weighted by Gasteiger charge is -1.97. The predicted octanol–water partition coefficient (Wildman–Crippen LogP) is 1.36. The van der Waals surface area contributed by atoms with Crippen LogP contribution in [0.4, 0.5) is 0 Å². The summed E-state index contributed by atoms with van der Waals surface area (Å²) < 4.78 is 1.30. The molecule has 0 aromatic carbocycles. The Hall–Kier alpha value is -1.63. The van der Waals surface area contributed by atoms with Gasteiger partial charge in [0.15, 0.2) is 0 Å². The molecule has 0 saturated carbocycles. The van der Waals surface area contributed by atoms with Crippen molar-refractivity contribution >= 4 is 5.91 Å². The molecule has 1 rings (SSSR count). The van der Waals surface area contributed by atoms with Crippen LogP contribution in [-0.4, -0.2) is 15.7 Å². The van der Waals surface area contributed by atoms with Gasteiger partial charge in [0.1, 0.15) is 6.42 Å². The largest absolute Gasteiger partial charge is 0.271 e. The zero-order valence-electron chi connectivity index (χ0n) is 7.96. The van der Waals surface area contributed by atoms with Crippen molar-refractivity contribution in [3.8, 4) is 6.07 Å². The Bertz CT molecular complexity index is 384. The van der Waals surface area contributed by atoms with Gasteiger partial charge in [-0.3, -0.25) is 4.79 Å². The molecule has 13 heavy (non-hydrogen) atoms. The van der Waals surface area contributed by atoms with Crippen LogP contribution >= 0.6 is 0 Å². The number of aryl methyl sites for hydroxylation is 1. The molecule has 0 bridgehead atoms. The van der Waals surface area contributed by atoms with E-state index in [9.17, 15) is 4.79 Å². The van der Waals surface area contributed by atoms with Crippen molar-refractivity contribution < 1.29 is 4.79 Å². The van der Waals surface area contributed by atoms with Crippen molar-refractivity contribution in [1.82, 2.24) is 9.78 Å². The Labute approximate surface area is 76.8 Å². The van der Waals surface area contributed by atoms with E-state index in [2.05, 4.69) is 5.10 Å². The highest BCUT2D eigenvalue weighted by molar-refractivity contribution is 5.80. The molecule has 1 aromatic rings. The third kappa shape index (κ3) is 1.59. The first kappa shape index (κ1) is 9.46. The van der Waals surface area contributed by atoms with Crippen LogP contribution in [0.1, 0.15) is 28.2 Å². The summed E-state index contributed by atoms with van der Waals surface area (Å²) >= 11 is 0. The number of carbonyl (C=O) groups is 1. The second kappa shape index (κ2) is 3.40. The molecule has 0 unspecified atom stereocenters. The Kier molecular flexibility index (Phi) is 2.47. The van der Waals surface area contributed by atoms with Gasteiger partial charge in [-0.05, 0) is 26.3 Å². The van der Waals surface area contributed by atoms with Gasteiger partial charge in [0, 0.05) is 5.69 Å². The summed E-state index contributed by atoms with van der Waals surface area (Å²) in [6.07, 6.45) is -0.124. The fourth-order valence-electron chi connectivity index (χ4n) is 1.11. The van der Waals surface area contributed by atoms with Gasteiger partial charge in [-0.25, -0.2) is 4.68 Å². The minimum Gasteiger partial charge on any atom is -0.271 e. The van der Waals surface area contributed by atoms with E-state index in [-0.39, 0.29) is 12.3 Å². The zero-order chi connectivity index (χ0) is 10.0. The van der Waals surface area contributed by atoms with Gasteiger partial charge >= 0.3 is 0 Å². The van der Waals surface area contributed by atoms with Crippen molar-refractivity contribution in [2.45, 2.75) is 27.2 Å². The summed E-state index contributed by atoms with van der Waals surface area (Å²) in [5.74, 6) is -0.267. The first-order valence-electron chi connectivity index (χ1n) is 4.01. The van der Waals surface area contributed by atoms with E-state index >= 15 is 0 Å². The predicted molar refractivity (Wildman–Crippen MR) is 47.3 cm³/mol. The molecular formula is C9H11N3O. The highest BCUT2D eigenvalue weighted by Crippen LogP contribution is 2.10. The van der Waals surface area contributed by atoms with Crippen LogP contribution in [0, 0.1) is 32.1 Å². The zero-order valence-corrected chi connectivity index (χ0v) is 7.96. The third-order valence-electron chi connectivity index (χ3n) is 2.12. The fourth-order valence-corrected chi connectivity index (χ4v) is 1.11. The molecule has 4 nitrogen and oxygen atoms in total. The summed E-state index contributed by atoms with van der Waals surface area (Å²) in [6.45, 7) is 5.58. The Balaban J connectivity index is 3.10. The van der Waals surface area contributed by atoms with Gasteiger partial charge in [-0.1, -0.05) is 0 Å². The minimum atomic E-state index is -0.267. The van der Waals surface area contributed by atoms with Crippen LogP contribution in [0.25, 0.3) is 0 Å². The van der Waals surface area contributed by atoms with Crippen molar-refractivity contribution in [3.05, 3.63) is 17.0 Å². The number of rotatable bonds is 1. The second-order valence-corrected chi connectivity index (χ2v) is 2.94. The van der Waals surface area contributed by atoms with Crippen molar-refractivity contribution in [1.29, 1.82) is 5.26 Å². The van der Waals surface area contributed by atoms with E-state index in [1.54, 1.807) is 0 Å². The van der Waals surface area contributed by atoms with Gasteiger partial charge in [0.05, 0.1) is 11.8 Å². The number of hydrogen-bond donors (Lipinski definition) is 0. The van der Waals surface area contributed by atoms with Crippen LogP contribution in [0.3, 0.4) is 0 Å². The number of hydrogen-bond acceptors (Lipinski definition) is 3. The molecular weight excluding hydrogens is 166 g/mol. The second-order valence-electron chi connectivity index (χ2n) is 2.94. The Morgan fingerprint density at radius 1 is 1.54 bits per heavy atom. The molecule has 1 aromatic heterocycles. The molecule has 0 N–H and O–H groups in total. The van der Waals surface area contributed by atoms with Crippen LogP contribution in [0.5, 0.6) is 0 Å². The number of carbonyl (C=O) groups excluding carboxylic acids is 1. The van der Waals surface area contributed by atoms with Crippen LogP contribution in [0.2, 0.25) is 0 Å². The fraction of sp³-hybridized carbons (Fsp3) is 0.444.